The molecule has 1 aliphatic rings. The lowest BCUT2D eigenvalue weighted by atomic mass is 9.97. The van der Waals surface area contributed by atoms with Gasteiger partial charge in [-0.25, -0.2) is 8.42 Å². The van der Waals surface area contributed by atoms with Crippen LogP contribution in [0.5, 0.6) is 0 Å². The largest absolute Gasteiger partial charge is 0.243 e. The van der Waals surface area contributed by atoms with Crippen molar-refractivity contribution in [1.29, 1.82) is 0 Å². The number of aryl methyl sites for hydroxylation is 1. The first-order chi connectivity index (χ1) is 10.00. The van der Waals surface area contributed by atoms with Crippen molar-refractivity contribution in [2.24, 2.45) is 0 Å². The fourth-order valence-corrected chi connectivity index (χ4v) is 4.78. The van der Waals surface area contributed by atoms with E-state index in [1.807, 2.05) is 44.2 Å². The molecule has 110 valence electrons. The molecule has 1 unspecified atom stereocenters. The Morgan fingerprint density at radius 2 is 1.62 bits per heavy atom. The fraction of sp³-hybridized carbons (Fsp3) is 0.294. The highest BCUT2D eigenvalue weighted by molar-refractivity contribution is 7.89. The van der Waals surface area contributed by atoms with Crippen molar-refractivity contribution in [3.05, 3.63) is 65.2 Å². The van der Waals surface area contributed by atoms with Crippen molar-refractivity contribution in [3.8, 4) is 0 Å². The van der Waals surface area contributed by atoms with Crippen LogP contribution < -0.4 is 0 Å². The van der Waals surface area contributed by atoms with E-state index in [0.29, 0.717) is 11.4 Å². The number of benzene rings is 2. The van der Waals surface area contributed by atoms with Gasteiger partial charge in [-0.3, -0.25) is 0 Å². The molecule has 3 nitrogen and oxygen atoms in total. The van der Waals surface area contributed by atoms with E-state index in [1.54, 1.807) is 16.4 Å². The van der Waals surface area contributed by atoms with Gasteiger partial charge in [0.25, 0.3) is 0 Å². The van der Waals surface area contributed by atoms with Crippen LogP contribution in [-0.4, -0.2) is 18.8 Å². The second-order valence-corrected chi connectivity index (χ2v) is 7.50. The quantitative estimate of drug-likeness (QED) is 0.854. The number of hydrogen-bond donors (Lipinski definition) is 0. The zero-order valence-corrected chi connectivity index (χ0v) is 13.1. The summed E-state index contributed by atoms with van der Waals surface area (Å²) in [6.45, 7) is 4.27. The SMILES string of the molecule is Cc1ccccc1S(=O)(=O)N1Cc2ccccc2CC1C. The Labute approximate surface area is 126 Å². The van der Waals surface area contributed by atoms with E-state index in [1.165, 1.54) is 5.56 Å². The third-order valence-corrected chi connectivity index (χ3v) is 6.25. The molecule has 0 saturated heterocycles. The molecular weight excluding hydrogens is 282 g/mol. The minimum absolute atomic E-state index is 0.0236. The van der Waals surface area contributed by atoms with Crippen LogP contribution in [0.4, 0.5) is 0 Å². The molecule has 0 amide bonds. The van der Waals surface area contributed by atoms with Crippen LogP contribution in [-0.2, 0) is 23.0 Å². The zero-order chi connectivity index (χ0) is 15.0. The maximum Gasteiger partial charge on any atom is 0.243 e. The van der Waals surface area contributed by atoms with Gasteiger partial charge in [0.15, 0.2) is 0 Å². The van der Waals surface area contributed by atoms with E-state index < -0.39 is 10.0 Å². The number of nitrogens with zero attached hydrogens (tertiary/aromatic N) is 1. The lowest BCUT2D eigenvalue weighted by Crippen LogP contribution is -2.42. The summed E-state index contributed by atoms with van der Waals surface area (Å²) in [7, 11) is -3.45. The minimum Gasteiger partial charge on any atom is -0.207 e. The molecule has 21 heavy (non-hydrogen) atoms. The highest BCUT2D eigenvalue weighted by atomic mass is 32.2. The van der Waals surface area contributed by atoms with Gasteiger partial charge in [0.1, 0.15) is 0 Å². The van der Waals surface area contributed by atoms with Gasteiger partial charge in [-0.15, -0.1) is 0 Å². The lowest BCUT2D eigenvalue weighted by Gasteiger charge is -2.34. The van der Waals surface area contributed by atoms with Crippen molar-refractivity contribution in [3.63, 3.8) is 0 Å². The van der Waals surface area contributed by atoms with Gasteiger partial charge in [-0.1, -0.05) is 42.5 Å². The summed E-state index contributed by atoms with van der Waals surface area (Å²) in [4.78, 5) is 0.413. The van der Waals surface area contributed by atoms with Gasteiger partial charge >= 0.3 is 0 Å². The predicted molar refractivity (Wildman–Crippen MR) is 83.5 cm³/mol. The molecule has 2 aromatic carbocycles. The van der Waals surface area contributed by atoms with Gasteiger partial charge in [0.05, 0.1) is 4.90 Å². The molecule has 0 fully saturated rings. The Balaban J connectivity index is 2.03. The number of rotatable bonds is 2. The molecule has 4 heteroatoms. The third kappa shape index (κ3) is 2.49. The Hall–Kier alpha value is -1.65. The Morgan fingerprint density at radius 3 is 2.33 bits per heavy atom. The van der Waals surface area contributed by atoms with Gasteiger partial charge < -0.3 is 0 Å². The molecule has 3 rings (SSSR count). The Morgan fingerprint density at radius 1 is 1.00 bits per heavy atom. The molecular formula is C17H19NO2S. The van der Waals surface area contributed by atoms with E-state index in [0.717, 1.165) is 17.5 Å². The van der Waals surface area contributed by atoms with Crippen molar-refractivity contribution < 1.29 is 8.42 Å². The van der Waals surface area contributed by atoms with Crippen LogP contribution in [0.2, 0.25) is 0 Å². The topological polar surface area (TPSA) is 37.4 Å². The van der Waals surface area contributed by atoms with Gasteiger partial charge in [0, 0.05) is 12.6 Å². The summed E-state index contributed by atoms with van der Waals surface area (Å²) in [5, 5.41) is 0. The molecule has 1 atom stereocenters. The van der Waals surface area contributed by atoms with Crippen LogP contribution in [0, 0.1) is 6.92 Å². The van der Waals surface area contributed by atoms with E-state index >= 15 is 0 Å². The number of sulfonamides is 1. The Kier molecular flexibility index (Phi) is 3.59. The zero-order valence-electron chi connectivity index (χ0n) is 12.3. The first-order valence-electron chi connectivity index (χ1n) is 7.14. The Bertz CT molecular complexity index is 768. The maximum atomic E-state index is 13.0. The highest BCUT2D eigenvalue weighted by Gasteiger charge is 2.33. The molecule has 1 heterocycles. The molecule has 0 aromatic heterocycles. The average Bonchev–Trinajstić information content (AvgIpc) is 2.46. The monoisotopic (exact) mass is 301 g/mol. The first-order valence-corrected chi connectivity index (χ1v) is 8.58. The maximum absolute atomic E-state index is 13.0. The molecule has 0 radical (unpaired) electrons. The number of hydrogen-bond acceptors (Lipinski definition) is 2. The predicted octanol–water partition coefficient (Wildman–Crippen LogP) is 3.13. The molecule has 2 aromatic rings. The molecule has 0 bridgehead atoms. The van der Waals surface area contributed by atoms with Crippen molar-refractivity contribution in [2.75, 3.05) is 0 Å². The molecule has 0 spiro atoms. The summed E-state index contributed by atoms with van der Waals surface area (Å²) < 4.78 is 27.5. The van der Waals surface area contributed by atoms with Gasteiger partial charge in [-0.2, -0.15) is 4.31 Å². The first kappa shape index (κ1) is 14.3. The molecule has 0 N–H and O–H groups in total. The smallest absolute Gasteiger partial charge is 0.207 e. The third-order valence-electron chi connectivity index (χ3n) is 4.13. The molecule has 0 saturated carbocycles. The van der Waals surface area contributed by atoms with E-state index in [9.17, 15) is 8.42 Å². The summed E-state index contributed by atoms with van der Waals surface area (Å²) >= 11 is 0. The molecule has 0 aliphatic carbocycles. The summed E-state index contributed by atoms with van der Waals surface area (Å²) in [6.07, 6.45) is 0.765. The highest BCUT2D eigenvalue weighted by Crippen LogP contribution is 2.29. The van der Waals surface area contributed by atoms with Gasteiger partial charge in [0.2, 0.25) is 10.0 Å². The van der Waals surface area contributed by atoms with Gasteiger partial charge in [-0.05, 0) is 43.0 Å². The van der Waals surface area contributed by atoms with Crippen molar-refractivity contribution >= 4 is 10.0 Å². The van der Waals surface area contributed by atoms with Crippen LogP contribution in [0.15, 0.2) is 53.4 Å². The van der Waals surface area contributed by atoms with E-state index in [-0.39, 0.29) is 6.04 Å². The van der Waals surface area contributed by atoms with Crippen molar-refractivity contribution in [1.82, 2.24) is 4.31 Å². The fourth-order valence-electron chi connectivity index (χ4n) is 2.95. The number of fused-ring (bicyclic) bond motifs is 1. The van der Waals surface area contributed by atoms with Crippen LogP contribution in [0.3, 0.4) is 0 Å². The normalized spacial score (nSPS) is 19.2. The second kappa shape index (κ2) is 5.28. The standard InChI is InChI=1S/C17H19NO2S/c1-13-7-3-6-10-17(13)21(19,20)18-12-16-9-5-4-8-15(16)11-14(18)2/h3-10,14H,11-12H2,1-2H3. The minimum atomic E-state index is -3.45. The van der Waals surface area contributed by atoms with Crippen LogP contribution >= 0.6 is 0 Å². The molecule has 1 aliphatic heterocycles. The summed E-state index contributed by atoms with van der Waals surface area (Å²) in [5.74, 6) is 0. The van der Waals surface area contributed by atoms with E-state index in [2.05, 4.69) is 6.07 Å². The summed E-state index contributed by atoms with van der Waals surface area (Å²) in [5.41, 5.74) is 3.15. The van der Waals surface area contributed by atoms with Crippen molar-refractivity contribution in [2.45, 2.75) is 37.8 Å². The second-order valence-electron chi connectivity index (χ2n) is 5.64. The van der Waals surface area contributed by atoms with E-state index in [4.69, 9.17) is 0 Å². The average molecular weight is 301 g/mol. The van der Waals surface area contributed by atoms with Crippen LogP contribution in [0.25, 0.3) is 0 Å². The lowest BCUT2D eigenvalue weighted by molar-refractivity contribution is 0.309. The summed E-state index contributed by atoms with van der Waals surface area (Å²) in [6, 6.07) is 15.2. The van der Waals surface area contributed by atoms with Crippen LogP contribution in [0.1, 0.15) is 23.6 Å².